The summed E-state index contributed by atoms with van der Waals surface area (Å²) < 4.78 is 0. The highest BCUT2D eigenvalue weighted by atomic mass is 16.6. The van der Waals surface area contributed by atoms with Crippen LogP contribution in [0.2, 0.25) is 0 Å². The Morgan fingerprint density at radius 1 is 1.59 bits per heavy atom. The molecule has 1 unspecified atom stereocenters. The molecule has 0 aliphatic carbocycles. The van der Waals surface area contributed by atoms with Crippen molar-refractivity contribution < 1.29 is 4.84 Å². The number of hydrogen-bond donors (Lipinski definition) is 1. The number of nitrogens with zero attached hydrogens (tertiary/aromatic N) is 2. The molecule has 0 amide bonds. The van der Waals surface area contributed by atoms with Crippen LogP contribution in [0.3, 0.4) is 0 Å². The quantitative estimate of drug-likeness (QED) is 0.856. The zero-order valence-electron chi connectivity index (χ0n) is 9.81. The maximum Gasteiger partial charge on any atom is 0.145 e. The van der Waals surface area contributed by atoms with E-state index in [9.17, 15) is 0 Å². The third-order valence-corrected chi connectivity index (χ3v) is 2.64. The molecule has 1 aliphatic heterocycles. The summed E-state index contributed by atoms with van der Waals surface area (Å²) in [5.74, 6) is 0. The fraction of sp³-hybridized carbons (Fsp3) is 0.385. The van der Waals surface area contributed by atoms with Gasteiger partial charge in [-0.1, -0.05) is 17.3 Å². The molecule has 88 valence electrons. The summed E-state index contributed by atoms with van der Waals surface area (Å²) in [6.07, 6.45) is 1.04. The van der Waals surface area contributed by atoms with Gasteiger partial charge < -0.3 is 10.2 Å². The van der Waals surface area contributed by atoms with E-state index in [0.717, 1.165) is 30.8 Å². The molecule has 1 N–H and O–H groups in total. The molecule has 1 aliphatic rings. The number of hydrogen-bond acceptors (Lipinski definition) is 4. The average molecular weight is 229 g/mol. The van der Waals surface area contributed by atoms with E-state index in [0.29, 0.717) is 5.56 Å². The maximum atomic E-state index is 8.78. The highest BCUT2D eigenvalue weighted by molar-refractivity contribution is 5.82. The van der Waals surface area contributed by atoms with Gasteiger partial charge in [-0.2, -0.15) is 5.26 Å². The highest BCUT2D eigenvalue weighted by Gasteiger charge is 2.16. The number of nitrogens with one attached hydrogen (secondary N) is 1. The van der Waals surface area contributed by atoms with E-state index in [-0.39, 0.29) is 6.10 Å². The normalized spacial score (nSPS) is 18.4. The fourth-order valence-electron chi connectivity index (χ4n) is 1.81. The molecule has 0 bridgehead atoms. The van der Waals surface area contributed by atoms with Crippen LogP contribution in [-0.4, -0.2) is 18.4 Å². The van der Waals surface area contributed by atoms with Crippen LogP contribution < -0.4 is 5.32 Å². The van der Waals surface area contributed by atoms with E-state index in [1.54, 1.807) is 6.07 Å². The first-order chi connectivity index (χ1) is 8.28. The third-order valence-electron chi connectivity index (χ3n) is 2.64. The first-order valence-corrected chi connectivity index (χ1v) is 5.67. The zero-order valence-corrected chi connectivity index (χ0v) is 9.81. The molecule has 0 saturated carbocycles. The topological polar surface area (TPSA) is 57.4 Å². The molecular formula is C13H15N3O. The Morgan fingerprint density at radius 2 is 2.47 bits per heavy atom. The van der Waals surface area contributed by atoms with Gasteiger partial charge in [0, 0.05) is 19.5 Å². The molecule has 1 heterocycles. The van der Waals surface area contributed by atoms with E-state index in [4.69, 9.17) is 10.1 Å². The number of benzene rings is 1. The predicted octanol–water partition coefficient (Wildman–Crippen LogP) is 1.81. The van der Waals surface area contributed by atoms with Crippen molar-refractivity contribution in [3.8, 4) is 6.07 Å². The van der Waals surface area contributed by atoms with Crippen LogP contribution in [0.15, 0.2) is 29.4 Å². The number of rotatable bonds is 4. The van der Waals surface area contributed by atoms with Crippen molar-refractivity contribution in [1.29, 1.82) is 5.26 Å². The maximum absolute atomic E-state index is 8.78. The van der Waals surface area contributed by atoms with Crippen molar-refractivity contribution in [2.75, 3.05) is 6.54 Å². The van der Waals surface area contributed by atoms with Crippen LogP contribution in [0.1, 0.15) is 24.5 Å². The molecule has 0 spiro atoms. The van der Waals surface area contributed by atoms with Crippen LogP contribution in [0.4, 0.5) is 0 Å². The average Bonchev–Trinajstić information content (AvgIpc) is 2.75. The van der Waals surface area contributed by atoms with Gasteiger partial charge in [0.1, 0.15) is 6.10 Å². The molecule has 17 heavy (non-hydrogen) atoms. The minimum absolute atomic E-state index is 0.147. The van der Waals surface area contributed by atoms with Crippen molar-refractivity contribution in [2.45, 2.75) is 26.0 Å². The standard InChI is InChI=1S/C13H15N3O/c1-10-5-13(17-16-10)9-15-8-12-4-2-3-11(6-12)7-14/h2-4,6,13,15H,5,8-9H2,1H3. The Labute approximate surface area is 101 Å². The van der Waals surface area contributed by atoms with Gasteiger partial charge in [0.05, 0.1) is 17.3 Å². The van der Waals surface area contributed by atoms with Crippen LogP contribution in [0.5, 0.6) is 0 Å². The van der Waals surface area contributed by atoms with E-state index in [2.05, 4.69) is 16.5 Å². The number of oxime groups is 1. The second-order valence-corrected chi connectivity index (χ2v) is 4.20. The Bertz CT molecular complexity index is 462. The molecule has 1 aromatic carbocycles. The lowest BCUT2D eigenvalue weighted by Crippen LogP contribution is -2.26. The summed E-state index contributed by atoms with van der Waals surface area (Å²) in [6.45, 7) is 3.49. The van der Waals surface area contributed by atoms with E-state index < -0.39 is 0 Å². The molecular weight excluding hydrogens is 214 g/mol. The molecule has 0 fully saturated rings. The van der Waals surface area contributed by atoms with Crippen molar-refractivity contribution in [2.24, 2.45) is 5.16 Å². The molecule has 1 atom stereocenters. The van der Waals surface area contributed by atoms with Gasteiger partial charge in [0.15, 0.2) is 0 Å². The van der Waals surface area contributed by atoms with Crippen molar-refractivity contribution in [3.63, 3.8) is 0 Å². The Balaban J connectivity index is 1.77. The van der Waals surface area contributed by atoms with Gasteiger partial charge in [-0.15, -0.1) is 0 Å². The van der Waals surface area contributed by atoms with Gasteiger partial charge in [-0.05, 0) is 24.6 Å². The lowest BCUT2D eigenvalue weighted by atomic mass is 10.1. The Hall–Kier alpha value is -1.86. The van der Waals surface area contributed by atoms with Crippen LogP contribution in [0.25, 0.3) is 0 Å². The first-order valence-electron chi connectivity index (χ1n) is 5.67. The second kappa shape index (κ2) is 5.46. The largest absolute Gasteiger partial charge is 0.391 e. The summed E-state index contributed by atoms with van der Waals surface area (Å²) in [5.41, 5.74) is 2.85. The van der Waals surface area contributed by atoms with Gasteiger partial charge >= 0.3 is 0 Å². The van der Waals surface area contributed by atoms with Crippen molar-refractivity contribution >= 4 is 5.71 Å². The summed E-state index contributed by atoms with van der Waals surface area (Å²) in [4.78, 5) is 5.22. The SMILES string of the molecule is CC1=NOC(CNCc2cccc(C#N)c2)C1. The smallest absolute Gasteiger partial charge is 0.145 e. The molecule has 0 saturated heterocycles. The third kappa shape index (κ3) is 3.30. The monoisotopic (exact) mass is 229 g/mol. The molecule has 1 aromatic rings. The molecule has 0 aromatic heterocycles. The molecule has 4 nitrogen and oxygen atoms in total. The summed E-state index contributed by atoms with van der Waals surface area (Å²) in [7, 11) is 0. The summed E-state index contributed by atoms with van der Waals surface area (Å²) in [5, 5.41) is 16.0. The van der Waals surface area contributed by atoms with Crippen LogP contribution in [-0.2, 0) is 11.4 Å². The summed E-state index contributed by atoms with van der Waals surface area (Å²) >= 11 is 0. The second-order valence-electron chi connectivity index (χ2n) is 4.20. The Morgan fingerprint density at radius 3 is 3.18 bits per heavy atom. The van der Waals surface area contributed by atoms with Crippen molar-refractivity contribution in [3.05, 3.63) is 35.4 Å². The zero-order chi connectivity index (χ0) is 12.1. The fourth-order valence-corrected chi connectivity index (χ4v) is 1.81. The minimum atomic E-state index is 0.147. The minimum Gasteiger partial charge on any atom is -0.391 e. The van der Waals surface area contributed by atoms with Crippen molar-refractivity contribution in [1.82, 2.24) is 5.32 Å². The lowest BCUT2D eigenvalue weighted by Gasteiger charge is -2.09. The van der Waals surface area contributed by atoms with E-state index in [1.807, 2.05) is 25.1 Å². The van der Waals surface area contributed by atoms with E-state index in [1.165, 1.54) is 0 Å². The lowest BCUT2D eigenvalue weighted by molar-refractivity contribution is 0.0848. The molecule has 2 rings (SSSR count). The van der Waals surface area contributed by atoms with Gasteiger partial charge in [0.25, 0.3) is 0 Å². The van der Waals surface area contributed by atoms with Gasteiger partial charge in [-0.3, -0.25) is 0 Å². The molecule has 0 radical (unpaired) electrons. The number of nitriles is 1. The van der Waals surface area contributed by atoms with Crippen LogP contribution in [0, 0.1) is 11.3 Å². The highest BCUT2D eigenvalue weighted by Crippen LogP contribution is 2.09. The Kier molecular flexibility index (Phi) is 3.73. The van der Waals surface area contributed by atoms with Crippen LogP contribution >= 0.6 is 0 Å². The van der Waals surface area contributed by atoms with E-state index >= 15 is 0 Å². The predicted molar refractivity (Wildman–Crippen MR) is 65.5 cm³/mol. The molecule has 4 heteroatoms. The first kappa shape index (κ1) is 11.6. The van der Waals surface area contributed by atoms with Gasteiger partial charge in [0.2, 0.25) is 0 Å². The van der Waals surface area contributed by atoms with Gasteiger partial charge in [-0.25, -0.2) is 0 Å². The summed E-state index contributed by atoms with van der Waals surface area (Å²) in [6, 6.07) is 9.74.